The minimum atomic E-state index is 0.223. The van der Waals surface area contributed by atoms with E-state index in [4.69, 9.17) is 0 Å². The summed E-state index contributed by atoms with van der Waals surface area (Å²) in [5.74, 6) is 1.77. The van der Waals surface area contributed by atoms with E-state index in [2.05, 4.69) is 34.7 Å². The van der Waals surface area contributed by atoms with Gasteiger partial charge in [-0.05, 0) is 43.2 Å². The standard InChI is InChI=1S/C9H17N5/c1-6-4-8(5-6)14-9(7(2)10-3)11-12-13-14/h6-8,10H,4-5H2,1-3H3. The predicted molar refractivity (Wildman–Crippen MR) is 52.7 cm³/mol. The van der Waals surface area contributed by atoms with Crippen molar-refractivity contribution in [2.75, 3.05) is 7.05 Å². The molecular weight excluding hydrogens is 178 g/mol. The Morgan fingerprint density at radius 1 is 1.50 bits per heavy atom. The van der Waals surface area contributed by atoms with Crippen molar-refractivity contribution in [1.29, 1.82) is 0 Å². The Morgan fingerprint density at radius 2 is 2.21 bits per heavy atom. The Balaban J connectivity index is 2.13. The summed E-state index contributed by atoms with van der Waals surface area (Å²) >= 11 is 0. The molecule has 1 aliphatic carbocycles. The van der Waals surface area contributed by atoms with Crippen molar-refractivity contribution in [2.45, 2.75) is 38.8 Å². The van der Waals surface area contributed by atoms with Crippen LogP contribution in [0.4, 0.5) is 0 Å². The molecule has 1 aliphatic rings. The van der Waals surface area contributed by atoms with Crippen LogP contribution in [0.5, 0.6) is 0 Å². The van der Waals surface area contributed by atoms with Gasteiger partial charge in [-0.1, -0.05) is 6.92 Å². The molecule has 2 rings (SSSR count). The number of nitrogens with one attached hydrogen (secondary N) is 1. The van der Waals surface area contributed by atoms with Crippen LogP contribution in [0.2, 0.25) is 0 Å². The zero-order valence-corrected chi connectivity index (χ0v) is 8.94. The highest BCUT2D eigenvalue weighted by Crippen LogP contribution is 2.37. The monoisotopic (exact) mass is 195 g/mol. The minimum Gasteiger partial charge on any atom is -0.311 e. The molecule has 5 nitrogen and oxygen atoms in total. The molecule has 0 saturated heterocycles. The highest BCUT2D eigenvalue weighted by atomic mass is 15.6. The average molecular weight is 195 g/mol. The molecule has 0 bridgehead atoms. The van der Waals surface area contributed by atoms with E-state index in [1.807, 2.05) is 11.7 Å². The van der Waals surface area contributed by atoms with Gasteiger partial charge in [-0.2, -0.15) is 0 Å². The molecule has 1 N–H and O–H groups in total. The van der Waals surface area contributed by atoms with Crippen molar-refractivity contribution in [3.05, 3.63) is 5.82 Å². The van der Waals surface area contributed by atoms with Gasteiger partial charge in [0, 0.05) is 0 Å². The summed E-state index contributed by atoms with van der Waals surface area (Å²) in [6.07, 6.45) is 2.41. The van der Waals surface area contributed by atoms with Crippen LogP contribution in [0.1, 0.15) is 44.6 Å². The fourth-order valence-corrected chi connectivity index (χ4v) is 1.93. The van der Waals surface area contributed by atoms with Crippen molar-refractivity contribution in [2.24, 2.45) is 5.92 Å². The van der Waals surface area contributed by atoms with Crippen LogP contribution < -0.4 is 5.32 Å². The summed E-state index contributed by atoms with van der Waals surface area (Å²) < 4.78 is 1.97. The number of rotatable bonds is 3. The maximum Gasteiger partial charge on any atom is 0.168 e. The number of hydrogen-bond donors (Lipinski definition) is 1. The first-order valence-corrected chi connectivity index (χ1v) is 5.17. The van der Waals surface area contributed by atoms with Crippen molar-refractivity contribution in [3.8, 4) is 0 Å². The summed E-state index contributed by atoms with van der Waals surface area (Å²) in [4.78, 5) is 0. The number of aromatic nitrogens is 4. The molecule has 0 amide bonds. The highest BCUT2D eigenvalue weighted by Gasteiger charge is 2.30. The van der Waals surface area contributed by atoms with Crippen LogP contribution in [-0.4, -0.2) is 27.3 Å². The molecule has 1 unspecified atom stereocenters. The van der Waals surface area contributed by atoms with E-state index in [1.165, 1.54) is 12.8 Å². The van der Waals surface area contributed by atoms with Crippen molar-refractivity contribution in [1.82, 2.24) is 25.5 Å². The lowest BCUT2D eigenvalue weighted by atomic mass is 9.82. The average Bonchev–Trinajstić information content (AvgIpc) is 2.59. The summed E-state index contributed by atoms with van der Waals surface area (Å²) in [6.45, 7) is 4.34. The lowest BCUT2D eigenvalue weighted by Crippen LogP contribution is -2.29. The number of nitrogens with zero attached hydrogens (tertiary/aromatic N) is 4. The summed E-state index contributed by atoms with van der Waals surface area (Å²) in [5.41, 5.74) is 0. The van der Waals surface area contributed by atoms with Crippen LogP contribution >= 0.6 is 0 Å². The third-order valence-electron chi connectivity index (χ3n) is 3.03. The van der Waals surface area contributed by atoms with E-state index in [1.54, 1.807) is 0 Å². The topological polar surface area (TPSA) is 55.6 Å². The Morgan fingerprint density at radius 3 is 2.79 bits per heavy atom. The van der Waals surface area contributed by atoms with Gasteiger partial charge in [0.2, 0.25) is 0 Å². The molecule has 0 aromatic carbocycles. The van der Waals surface area contributed by atoms with Crippen LogP contribution in [0.15, 0.2) is 0 Å². The lowest BCUT2D eigenvalue weighted by molar-refractivity contribution is 0.190. The molecule has 1 aromatic heterocycles. The third-order valence-corrected chi connectivity index (χ3v) is 3.03. The van der Waals surface area contributed by atoms with E-state index in [9.17, 15) is 0 Å². The van der Waals surface area contributed by atoms with Gasteiger partial charge in [0.05, 0.1) is 12.1 Å². The summed E-state index contributed by atoms with van der Waals surface area (Å²) in [5, 5.41) is 15.0. The van der Waals surface area contributed by atoms with Gasteiger partial charge in [-0.3, -0.25) is 0 Å². The molecular formula is C9H17N5. The van der Waals surface area contributed by atoms with Crippen LogP contribution in [0, 0.1) is 5.92 Å². The fourth-order valence-electron chi connectivity index (χ4n) is 1.93. The first-order valence-electron chi connectivity index (χ1n) is 5.17. The number of hydrogen-bond acceptors (Lipinski definition) is 4. The fraction of sp³-hybridized carbons (Fsp3) is 0.889. The summed E-state index contributed by atoms with van der Waals surface area (Å²) in [6, 6.07) is 0.742. The maximum absolute atomic E-state index is 4.06. The molecule has 1 saturated carbocycles. The molecule has 0 spiro atoms. The van der Waals surface area contributed by atoms with Crippen molar-refractivity contribution in [3.63, 3.8) is 0 Å². The molecule has 1 fully saturated rings. The Bertz CT molecular complexity index is 302. The van der Waals surface area contributed by atoms with E-state index < -0.39 is 0 Å². The molecule has 1 atom stereocenters. The van der Waals surface area contributed by atoms with Gasteiger partial charge in [0.1, 0.15) is 0 Å². The third kappa shape index (κ3) is 1.52. The molecule has 1 heterocycles. The minimum absolute atomic E-state index is 0.223. The first-order chi connectivity index (χ1) is 6.72. The van der Waals surface area contributed by atoms with Gasteiger partial charge >= 0.3 is 0 Å². The molecule has 0 radical (unpaired) electrons. The first kappa shape index (κ1) is 9.58. The Kier molecular flexibility index (Phi) is 2.50. The molecule has 78 valence electrons. The molecule has 1 aromatic rings. The van der Waals surface area contributed by atoms with Crippen molar-refractivity contribution < 1.29 is 0 Å². The van der Waals surface area contributed by atoms with Gasteiger partial charge < -0.3 is 5.32 Å². The zero-order chi connectivity index (χ0) is 10.1. The van der Waals surface area contributed by atoms with Gasteiger partial charge in [0.15, 0.2) is 5.82 Å². The highest BCUT2D eigenvalue weighted by molar-refractivity contribution is 4.94. The maximum atomic E-state index is 4.06. The van der Waals surface area contributed by atoms with E-state index in [-0.39, 0.29) is 6.04 Å². The van der Waals surface area contributed by atoms with Crippen LogP contribution in [0.3, 0.4) is 0 Å². The normalized spacial score (nSPS) is 28.5. The smallest absolute Gasteiger partial charge is 0.168 e. The predicted octanol–water partition coefficient (Wildman–Crippen LogP) is 0.924. The molecule has 14 heavy (non-hydrogen) atoms. The van der Waals surface area contributed by atoms with Gasteiger partial charge in [-0.25, -0.2) is 4.68 Å². The summed E-state index contributed by atoms with van der Waals surface area (Å²) in [7, 11) is 1.92. The van der Waals surface area contributed by atoms with Gasteiger partial charge in [-0.15, -0.1) is 5.10 Å². The largest absolute Gasteiger partial charge is 0.311 e. The van der Waals surface area contributed by atoms with Crippen LogP contribution in [-0.2, 0) is 0 Å². The van der Waals surface area contributed by atoms with Crippen molar-refractivity contribution >= 4 is 0 Å². The molecule has 5 heteroatoms. The van der Waals surface area contributed by atoms with E-state index >= 15 is 0 Å². The quantitative estimate of drug-likeness (QED) is 0.779. The second-order valence-corrected chi connectivity index (χ2v) is 4.22. The SMILES string of the molecule is CNC(C)c1nnnn1C1CC(C)C1. The van der Waals surface area contributed by atoms with Crippen LogP contribution in [0.25, 0.3) is 0 Å². The zero-order valence-electron chi connectivity index (χ0n) is 8.94. The number of tetrazole rings is 1. The second kappa shape index (κ2) is 3.65. The second-order valence-electron chi connectivity index (χ2n) is 4.22. The van der Waals surface area contributed by atoms with Gasteiger partial charge in [0.25, 0.3) is 0 Å². The molecule has 0 aliphatic heterocycles. The van der Waals surface area contributed by atoms with E-state index in [0.717, 1.165) is 11.7 Å². The lowest BCUT2D eigenvalue weighted by Gasteiger charge is -2.33. The van der Waals surface area contributed by atoms with E-state index in [0.29, 0.717) is 6.04 Å². The Hall–Kier alpha value is -0.970. The Labute approximate surface area is 83.9 Å².